The van der Waals surface area contributed by atoms with Crippen LogP contribution < -0.4 is 16.0 Å². The maximum Gasteiger partial charge on any atom is 0.338 e. The van der Waals surface area contributed by atoms with Crippen LogP contribution in [0.2, 0.25) is 5.02 Å². The van der Waals surface area contributed by atoms with Gasteiger partial charge >= 0.3 is 12.0 Å². The van der Waals surface area contributed by atoms with E-state index >= 15 is 0 Å². The van der Waals surface area contributed by atoms with E-state index in [-0.39, 0.29) is 12.1 Å². The van der Waals surface area contributed by atoms with Crippen molar-refractivity contribution in [1.29, 1.82) is 0 Å². The highest BCUT2D eigenvalue weighted by Crippen LogP contribution is 2.10. The summed E-state index contributed by atoms with van der Waals surface area (Å²) in [6.45, 7) is 3.62. The number of halogens is 1. The number of pyridine rings is 1. The molecule has 1 aromatic heterocycles. The molecule has 8 nitrogen and oxygen atoms in total. The molecule has 2 rings (SSSR count). The maximum absolute atomic E-state index is 12.0. The van der Waals surface area contributed by atoms with Crippen LogP contribution in [0, 0.1) is 0 Å². The van der Waals surface area contributed by atoms with Crippen molar-refractivity contribution in [2.24, 2.45) is 0 Å². The summed E-state index contributed by atoms with van der Waals surface area (Å²) >= 11 is 5.72. The zero-order chi connectivity index (χ0) is 20.5. The Balaban J connectivity index is 1.78. The average molecular weight is 405 g/mol. The summed E-state index contributed by atoms with van der Waals surface area (Å²) in [5.74, 6) is -0.833. The smallest absolute Gasteiger partial charge is 0.338 e. The van der Waals surface area contributed by atoms with Crippen LogP contribution in [-0.2, 0) is 16.1 Å². The van der Waals surface area contributed by atoms with Gasteiger partial charge in [-0.05, 0) is 43.7 Å². The number of anilines is 1. The minimum Gasteiger partial charge on any atom is -0.452 e. The van der Waals surface area contributed by atoms with Crippen LogP contribution in [0.1, 0.15) is 29.8 Å². The Morgan fingerprint density at radius 2 is 1.82 bits per heavy atom. The lowest BCUT2D eigenvalue weighted by Crippen LogP contribution is -2.39. The number of nitrogens with zero attached hydrogens (tertiary/aromatic N) is 1. The van der Waals surface area contributed by atoms with Gasteiger partial charge in [-0.3, -0.25) is 4.79 Å². The van der Waals surface area contributed by atoms with Gasteiger partial charge in [0.05, 0.1) is 10.6 Å². The molecule has 0 radical (unpaired) electrons. The Labute approximate surface area is 167 Å². The van der Waals surface area contributed by atoms with E-state index in [9.17, 15) is 14.4 Å². The monoisotopic (exact) mass is 404 g/mol. The molecule has 0 saturated heterocycles. The van der Waals surface area contributed by atoms with Crippen LogP contribution in [0.3, 0.4) is 0 Å². The second-order valence-electron chi connectivity index (χ2n) is 6.16. The van der Waals surface area contributed by atoms with Crippen molar-refractivity contribution < 1.29 is 19.1 Å². The van der Waals surface area contributed by atoms with Crippen LogP contribution in [0.5, 0.6) is 0 Å². The standard InChI is InChI=1S/C19H21ClN4O4/c1-12(2)23-19(27)22-9-13-3-5-14(6-4-13)18(26)28-11-17(25)24-16-8-7-15(20)10-21-16/h3-8,10,12H,9,11H2,1-2H3,(H,21,24,25)(H2,22,23,27). The molecular formula is C19H21ClN4O4. The normalized spacial score (nSPS) is 10.3. The second kappa shape index (κ2) is 10.3. The van der Waals surface area contributed by atoms with Gasteiger partial charge in [-0.1, -0.05) is 23.7 Å². The molecule has 0 aliphatic heterocycles. The van der Waals surface area contributed by atoms with E-state index in [1.54, 1.807) is 30.3 Å². The van der Waals surface area contributed by atoms with E-state index in [0.29, 0.717) is 22.9 Å². The molecule has 0 saturated carbocycles. The molecule has 28 heavy (non-hydrogen) atoms. The SMILES string of the molecule is CC(C)NC(=O)NCc1ccc(C(=O)OCC(=O)Nc2ccc(Cl)cn2)cc1. The Kier molecular flexibility index (Phi) is 7.76. The van der Waals surface area contributed by atoms with E-state index < -0.39 is 18.5 Å². The van der Waals surface area contributed by atoms with Gasteiger partial charge in [0, 0.05) is 18.8 Å². The summed E-state index contributed by atoms with van der Waals surface area (Å²) in [5, 5.41) is 8.37. The van der Waals surface area contributed by atoms with Gasteiger partial charge in [0.1, 0.15) is 5.82 Å². The first-order valence-electron chi connectivity index (χ1n) is 8.55. The maximum atomic E-state index is 12.0. The fourth-order valence-corrected chi connectivity index (χ4v) is 2.21. The lowest BCUT2D eigenvalue weighted by atomic mass is 10.1. The number of benzene rings is 1. The molecule has 1 aromatic carbocycles. The number of carbonyl (C=O) groups excluding carboxylic acids is 3. The van der Waals surface area contributed by atoms with Gasteiger partial charge in [-0.2, -0.15) is 0 Å². The number of nitrogens with one attached hydrogen (secondary N) is 3. The van der Waals surface area contributed by atoms with E-state index in [4.69, 9.17) is 16.3 Å². The first-order valence-corrected chi connectivity index (χ1v) is 8.93. The van der Waals surface area contributed by atoms with Crippen molar-refractivity contribution in [3.63, 3.8) is 0 Å². The number of hydrogen-bond donors (Lipinski definition) is 3. The van der Waals surface area contributed by atoms with Gasteiger partial charge in [0.15, 0.2) is 6.61 Å². The molecule has 1 heterocycles. The third-order valence-corrected chi connectivity index (χ3v) is 3.62. The molecule has 3 amide bonds. The van der Waals surface area contributed by atoms with E-state index in [2.05, 4.69) is 20.9 Å². The number of urea groups is 1. The zero-order valence-corrected chi connectivity index (χ0v) is 16.2. The van der Waals surface area contributed by atoms with Crippen LogP contribution >= 0.6 is 11.6 Å². The first-order chi connectivity index (χ1) is 13.3. The predicted molar refractivity (Wildman–Crippen MR) is 105 cm³/mol. The number of amides is 3. The Bertz CT molecular complexity index is 823. The van der Waals surface area contributed by atoms with Crippen LogP contribution in [0.15, 0.2) is 42.6 Å². The quantitative estimate of drug-likeness (QED) is 0.615. The third kappa shape index (κ3) is 7.24. The Morgan fingerprint density at radius 1 is 1.11 bits per heavy atom. The molecule has 0 atom stereocenters. The first kappa shape index (κ1) is 21.2. The summed E-state index contributed by atoms with van der Waals surface area (Å²) in [5.41, 5.74) is 1.12. The summed E-state index contributed by atoms with van der Waals surface area (Å²) < 4.78 is 4.98. The molecule has 0 bridgehead atoms. The van der Waals surface area contributed by atoms with Crippen molar-refractivity contribution in [2.45, 2.75) is 26.4 Å². The minimum atomic E-state index is -0.628. The number of hydrogen-bond acceptors (Lipinski definition) is 5. The molecule has 0 unspecified atom stereocenters. The summed E-state index contributed by atoms with van der Waals surface area (Å²) in [7, 11) is 0. The highest BCUT2D eigenvalue weighted by Gasteiger charge is 2.11. The Hall–Kier alpha value is -3.13. The van der Waals surface area contributed by atoms with Crippen LogP contribution in [0.4, 0.5) is 10.6 Å². The summed E-state index contributed by atoms with van der Waals surface area (Å²) in [4.78, 5) is 39.3. The van der Waals surface area contributed by atoms with E-state index in [0.717, 1.165) is 5.56 Å². The lowest BCUT2D eigenvalue weighted by molar-refractivity contribution is -0.119. The van der Waals surface area contributed by atoms with E-state index in [1.807, 2.05) is 13.8 Å². The van der Waals surface area contributed by atoms with Gasteiger partial charge in [0.25, 0.3) is 5.91 Å². The average Bonchev–Trinajstić information content (AvgIpc) is 2.66. The van der Waals surface area contributed by atoms with Gasteiger partial charge in [0.2, 0.25) is 0 Å². The molecule has 148 valence electrons. The molecule has 0 aliphatic carbocycles. The summed E-state index contributed by atoms with van der Waals surface area (Å²) in [6.07, 6.45) is 1.39. The highest BCUT2D eigenvalue weighted by molar-refractivity contribution is 6.30. The van der Waals surface area contributed by atoms with Crippen molar-refractivity contribution in [3.05, 3.63) is 58.7 Å². The number of esters is 1. The van der Waals surface area contributed by atoms with Crippen LogP contribution in [-0.4, -0.2) is 35.5 Å². The lowest BCUT2D eigenvalue weighted by Gasteiger charge is -2.10. The summed E-state index contributed by atoms with van der Waals surface area (Å²) in [6, 6.07) is 9.43. The van der Waals surface area contributed by atoms with Crippen LogP contribution in [0.25, 0.3) is 0 Å². The fraction of sp³-hybridized carbons (Fsp3) is 0.263. The van der Waals surface area contributed by atoms with Gasteiger partial charge < -0.3 is 20.7 Å². The molecular weight excluding hydrogens is 384 g/mol. The van der Waals surface area contributed by atoms with Gasteiger partial charge in [-0.15, -0.1) is 0 Å². The molecule has 2 aromatic rings. The molecule has 3 N–H and O–H groups in total. The zero-order valence-electron chi connectivity index (χ0n) is 15.5. The van der Waals surface area contributed by atoms with Crippen molar-refractivity contribution >= 4 is 35.3 Å². The highest BCUT2D eigenvalue weighted by atomic mass is 35.5. The molecule has 9 heteroatoms. The number of carbonyl (C=O) groups is 3. The molecule has 0 spiro atoms. The van der Waals surface area contributed by atoms with E-state index in [1.165, 1.54) is 12.3 Å². The molecule has 0 fully saturated rings. The van der Waals surface area contributed by atoms with Gasteiger partial charge in [-0.25, -0.2) is 14.6 Å². The minimum absolute atomic E-state index is 0.0461. The Morgan fingerprint density at radius 3 is 2.43 bits per heavy atom. The second-order valence-corrected chi connectivity index (χ2v) is 6.60. The molecule has 0 aliphatic rings. The third-order valence-electron chi connectivity index (χ3n) is 3.39. The number of aromatic nitrogens is 1. The van der Waals surface area contributed by atoms with Crippen molar-refractivity contribution in [1.82, 2.24) is 15.6 Å². The van der Waals surface area contributed by atoms with Crippen molar-refractivity contribution in [3.8, 4) is 0 Å². The fourth-order valence-electron chi connectivity index (χ4n) is 2.10. The largest absolute Gasteiger partial charge is 0.452 e. The number of ether oxygens (including phenoxy) is 1. The van der Waals surface area contributed by atoms with Crippen molar-refractivity contribution in [2.75, 3.05) is 11.9 Å². The predicted octanol–water partition coefficient (Wildman–Crippen LogP) is 2.74. The topological polar surface area (TPSA) is 109 Å². The number of rotatable bonds is 7.